The van der Waals surface area contributed by atoms with Crippen LogP contribution in [-0.2, 0) is 9.53 Å². The van der Waals surface area contributed by atoms with E-state index in [1.54, 1.807) is 0 Å². The van der Waals surface area contributed by atoms with Gasteiger partial charge in [0.15, 0.2) is 0 Å². The summed E-state index contributed by atoms with van der Waals surface area (Å²) in [7, 11) is 0. The summed E-state index contributed by atoms with van der Waals surface area (Å²) in [5, 5.41) is 0. The first kappa shape index (κ1) is 24.4. The van der Waals surface area contributed by atoms with Gasteiger partial charge in [-0.3, -0.25) is 4.79 Å². The summed E-state index contributed by atoms with van der Waals surface area (Å²) in [5.41, 5.74) is 0. The average Bonchev–Trinajstić information content (AvgIpc) is 2.64. The molecule has 0 bridgehead atoms. The molecule has 2 nitrogen and oxygen atoms in total. The molecule has 26 heavy (non-hydrogen) atoms. The van der Waals surface area contributed by atoms with E-state index in [1.807, 2.05) is 13.8 Å². The lowest BCUT2D eigenvalue weighted by molar-refractivity contribution is -0.148. The first-order valence-corrected chi connectivity index (χ1v) is 10.5. The molecule has 2 heteroatoms. The van der Waals surface area contributed by atoms with E-state index in [9.17, 15) is 4.79 Å². The van der Waals surface area contributed by atoms with E-state index in [-0.39, 0.29) is 12.1 Å². The molecule has 0 aliphatic heterocycles. The van der Waals surface area contributed by atoms with Crippen molar-refractivity contribution in [3.63, 3.8) is 0 Å². The molecule has 0 aromatic carbocycles. The van der Waals surface area contributed by atoms with Crippen LogP contribution in [0.1, 0.15) is 91.4 Å². The molecule has 0 amide bonds. The number of unbranched alkanes of at least 4 members (excludes halogenated alkanes) is 4. The van der Waals surface area contributed by atoms with Crippen LogP contribution in [0.5, 0.6) is 0 Å². The number of ether oxygens (including phenoxy) is 1. The molecule has 0 N–H and O–H groups in total. The van der Waals surface area contributed by atoms with Crippen LogP contribution in [0.4, 0.5) is 0 Å². The maximum Gasteiger partial charge on any atom is 0.306 e. The number of rotatable bonds is 16. The van der Waals surface area contributed by atoms with Gasteiger partial charge in [0.2, 0.25) is 0 Å². The van der Waals surface area contributed by atoms with Crippen molar-refractivity contribution < 1.29 is 9.53 Å². The molecule has 1 unspecified atom stereocenters. The van der Waals surface area contributed by atoms with E-state index < -0.39 is 0 Å². The van der Waals surface area contributed by atoms with E-state index in [4.69, 9.17) is 4.74 Å². The van der Waals surface area contributed by atoms with Crippen molar-refractivity contribution in [1.82, 2.24) is 0 Å². The number of hydrogen-bond donors (Lipinski definition) is 0. The number of carbonyl (C=O) groups excluding carboxylic acids is 1. The molecule has 0 fully saturated rings. The molecule has 148 valence electrons. The Morgan fingerprint density at radius 1 is 0.769 bits per heavy atom. The predicted molar refractivity (Wildman–Crippen MR) is 114 cm³/mol. The Hall–Kier alpha value is -1.57. The van der Waals surface area contributed by atoms with Crippen LogP contribution >= 0.6 is 0 Å². The Kier molecular flexibility index (Phi) is 18.6. The van der Waals surface area contributed by atoms with Crippen molar-refractivity contribution >= 4 is 5.97 Å². The van der Waals surface area contributed by atoms with Crippen molar-refractivity contribution in [2.24, 2.45) is 0 Å². The standard InChI is InChI=1S/C24H40O2/c1-4-6-7-8-9-10-11-12-13-14-15-16-17-18-19-20-21-22-24(25)26-23(3)5-2/h9-10,12-13,15-16,18-19,23H,4-8,11,14,17,20-22H2,1-3H3/b10-9-,13-12-,16-15-,19-18-. The molecule has 0 aromatic rings. The highest BCUT2D eigenvalue weighted by atomic mass is 16.5. The topological polar surface area (TPSA) is 26.3 Å². The minimum atomic E-state index is -0.0739. The van der Waals surface area contributed by atoms with Crippen molar-refractivity contribution in [2.45, 2.75) is 97.5 Å². The minimum absolute atomic E-state index is 0.0408. The van der Waals surface area contributed by atoms with Gasteiger partial charge in [-0.1, -0.05) is 75.3 Å². The van der Waals surface area contributed by atoms with E-state index >= 15 is 0 Å². The van der Waals surface area contributed by atoms with Gasteiger partial charge in [-0.2, -0.15) is 0 Å². The molecule has 0 spiro atoms. The highest BCUT2D eigenvalue weighted by molar-refractivity contribution is 5.69. The largest absolute Gasteiger partial charge is 0.463 e. The van der Waals surface area contributed by atoms with Gasteiger partial charge in [-0.25, -0.2) is 0 Å². The maximum atomic E-state index is 11.5. The third-order valence-electron chi connectivity index (χ3n) is 4.12. The molecule has 0 aliphatic carbocycles. The highest BCUT2D eigenvalue weighted by Gasteiger charge is 2.06. The van der Waals surface area contributed by atoms with Gasteiger partial charge >= 0.3 is 5.97 Å². The summed E-state index contributed by atoms with van der Waals surface area (Å²) < 4.78 is 5.24. The van der Waals surface area contributed by atoms with E-state index in [1.165, 1.54) is 25.7 Å². The molecule has 0 saturated heterocycles. The molecule has 0 aliphatic rings. The zero-order chi connectivity index (χ0) is 19.3. The average molecular weight is 361 g/mol. The summed E-state index contributed by atoms with van der Waals surface area (Å²) in [4.78, 5) is 11.5. The second-order valence-corrected chi connectivity index (χ2v) is 6.69. The van der Waals surface area contributed by atoms with Gasteiger partial charge in [-0.15, -0.1) is 0 Å². The Bertz CT molecular complexity index is 429. The van der Waals surface area contributed by atoms with E-state index in [0.717, 1.165) is 38.5 Å². The van der Waals surface area contributed by atoms with Gasteiger partial charge in [0.25, 0.3) is 0 Å². The summed E-state index contributed by atoms with van der Waals surface area (Å²) in [6, 6.07) is 0. The van der Waals surface area contributed by atoms with Crippen molar-refractivity contribution in [1.29, 1.82) is 0 Å². The lowest BCUT2D eigenvalue weighted by Gasteiger charge is -2.09. The normalized spacial score (nSPS) is 13.5. The number of carbonyl (C=O) groups is 1. The smallest absolute Gasteiger partial charge is 0.306 e. The van der Waals surface area contributed by atoms with Gasteiger partial charge in [0, 0.05) is 6.42 Å². The fourth-order valence-corrected chi connectivity index (χ4v) is 2.29. The van der Waals surface area contributed by atoms with Crippen molar-refractivity contribution in [3.8, 4) is 0 Å². The van der Waals surface area contributed by atoms with Crippen LogP contribution in [0.15, 0.2) is 48.6 Å². The van der Waals surface area contributed by atoms with Crippen LogP contribution < -0.4 is 0 Å². The third kappa shape index (κ3) is 18.8. The molecular formula is C24H40O2. The van der Waals surface area contributed by atoms with Gasteiger partial charge < -0.3 is 4.74 Å². The summed E-state index contributed by atoms with van der Waals surface area (Å²) >= 11 is 0. The zero-order valence-electron chi connectivity index (χ0n) is 17.3. The SMILES string of the molecule is CCCCC/C=C\C/C=C\C/C=C\C/C=C\CCCC(=O)OC(C)CC. The van der Waals surface area contributed by atoms with Crippen molar-refractivity contribution in [2.75, 3.05) is 0 Å². The zero-order valence-corrected chi connectivity index (χ0v) is 17.3. The quantitative estimate of drug-likeness (QED) is 0.162. The summed E-state index contributed by atoms with van der Waals surface area (Å²) in [6.07, 6.45) is 29.1. The predicted octanol–water partition coefficient (Wildman–Crippen LogP) is 7.47. The molecule has 0 heterocycles. The number of allylic oxidation sites excluding steroid dienone is 8. The van der Waals surface area contributed by atoms with Gasteiger partial charge in [0.05, 0.1) is 6.10 Å². The first-order chi connectivity index (χ1) is 12.7. The van der Waals surface area contributed by atoms with Gasteiger partial charge in [0.1, 0.15) is 0 Å². The Balaban J connectivity index is 3.50. The summed E-state index contributed by atoms with van der Waals surface area (Å²) in [5.74, 6) is -0.0739. The van der Waals surface area contributed by atoms with Crippen LogP contribution in [0.3, 0.4) is 0 Å². The lowest BCUT2D eigenvalue weighted by Crippen LogP contribution is -2.13. The first-order valence-electron chi connectivity index (χ1n) is 10.5. The Morgan fingerprint density at radius 2 is 1.27 bits per heavy atom. The molecule has 0 radical (unpaired) electrons. The second-order valence-electron chi connectivity index (χ2n) is 6.69. The molecule has 0 saturated carbocycles. The fourth-order valence-electron chi connectivity index (χ4n) is 2.29. The Morgan fingerprint density at radius 3 is 1.77 bits per heavy atom. The third-order valence-corrected chi connectivity index (χ3v) is 4.12. The number of esters is 1. The maximum absolute atomic E-state index is 11.5. The van der Waals surface area contributed by atoms with Crippen LogP contribution in [0.2, 0.25) is 0 Å². The summed E-state index contributed by atoms with van der Waals surface area (Å²) in [6.45, 7) is 6.20. The van der Waals surface area contributed by atoms with E-state index in [2.05, 4.69) is 55.5 Å². The highest BCUT2D eigenvalue weighted by Crippen LogP contribution is 2.04. The second kappa shape index (κ2) is 19.8. The lowest BCUT2D eigenvalue weighted by atomic mass is 10.2. The molecule has 1 atom stereocenters. The Labute approximate surface area is 162 Å². The monoisotopic (exact) mass is 360 g/mol. The molecular weight excluding hydrogens is 320 g/mol. The van der Waals surface area contributed by atoms with E-state index in [0.29, 0.717) is 6.42 Å². The molecule has 0 aromatic heterocycles. The van der Waals surface area contributed by atoms with Crippen LogP contribution in [-0.4, -0.2) is 12.1 Å². The van der Waals surface area contributed by atoms with Crippen molar-refractivity contribution in [3.05, 3.63) is 48.6 Å². The minimum Gasteiger partial charge on any atom is -0.463 e. The molecule has 0 rings (SSSR count). The van der Waals surface area contributed by atoms with Crippen LogP contribution in [0.25, 0.3) is 0 Å². The van der Waals surface area contributed by atoms with Gasteiger partial charge in [-0.05, 0) is 58.3 Å². The van der Waals surface area contributed by atoms with Crippen LogP contribution in [0, 0.1) is 0 Å². The fraction of sp³-hybridized carbons (Fsp3) is 0.625. The number of hydrogen-bond acceptors (Lipinski definition) is 2.